The van der Waals surface area contributed by atoms with Gasteiger partial charge >= 0.3 is 0 Å². The molecule has 0 aliphatic rings. The standard InChI is InChI=1S/C14H21FN2O2/c1-3-7-14(2,16)13(18)17-11-5-4-6-12(10-11)19-9-8-15/h4-6,10H,3,7-9,16H2,1-2H3,(H,17,18). The Morgan fingerprint density at radius 3 is 2.89 bits per heavy atom. The summed E-state index contributed by atoms with van der Waals surface area (Å²) in [5, 5.41) is 2.75. The second kappa shape index (κ2) is 7.09. The Morgan fingerprint density at radius 1 is 1.53 bits per heavy atom. The minimum Gasteiger partial charge on any atom is -0.491 e. The van der Waals surface area contributed by atoms with Crippen LogP contribution in [0.3, 0.4) is 0 Å². The fourth-order valence-corrected chi connectivity index (χ4v) is 1.73. The minimum absolute atomic E-state index is 0.00182. The summed E-state index contributed by atoms with van der Waals surface area (Å²) in [5.74, 6) is 0.279. The number of nitrogens with two attached hydrogens (primary N) is 1. The number of ether oxygens (including phenoxy) is 1. The molecule has 5 heteroatoms. The molecule has 4 nitrogen and oxygen atoms in total. The van der Waals surface area contributed by atoms with E-state index in [2.05, 4.69) is 5.32 Å². The average molecular weight is 268 g/mol. The summed E-state index contributed by atoms with van der Waals surface area (Å²) in [6.07, 6.45) is 1.44. The zero-order valence-electron chi connectivity index (χ0n) is 11.4. The number of hydrogen-bond donors (Lipinski definition) is 2. The predicted molar refractivity (Wildman–Crippen MR) is 74.0 cm³/mol. The van der Waals surface area contributed by atoms with Crippen molar-refractivity contribution in [2.24, 2.45) is 5.73 Å². The Balaban J connectivity index is 2.68. The molecule has 0 heterocycles. The van der Waals surface area contributed by atoms with E-state index in [-0.39, 0.29) is 12.5 Å². The van der Waals surface area contributed by atoms with E-state index in [9.17, 15) is 9.18 Å². The van der Waals surface area contributed by atoms with Gasteiger partial charge in [-0.3, -0.25) is 4.79 Å². The van der Waals surface area contributed by atoms with Crippen molar-refractivity contribution in [1.29, 1.82) is 0 Å². The molecule has 0 radical (unpaired) electrons. The lowest BCUT2D eigenvalue weighted by atomic mass is 9.96. The number of carbonyl (C=O) groups is 1. The second-order valence-electron chi connectivity index (χ2n) is 4.69. The van der Waals surface area contributed by atoms with Crippen LogP contribution >= 0.6 is 0 Å². The maximum atomic E-state index is 12.0. The molecule has 1 aromatic carbocycles. The Hall–Kier alpha value is -1.62. The number of hydrogen-bond acceptors (Lipinski definition) is 3. The van der Waals surface area contributed by atoms with E-state index in [0.717, 1.165) is 6.42 Å². The first-order valence-electron chi connectivity index (χ1n) is 6.38. The molecule has 1 unspecified atom stereocenters. The largest absolute Gasteiger partial charge is 0.491 e. The molecule has 1 atom stereocenters. The quantitative estimate of drug-likeness (QED) is 0.798. The summed E-state index contributed by atoms with van der Waals surface area (Å²) in [4.78, 5) is 12.0. The molecule has 1 rings (SSSR count). The van der Waals surface area contributed by atoms with E-state index in [1.165, 1.54) is 0 Å². The van der Waals surface area contributed by atoms with Gasteiger partial charge in [0, 0.05) is 11.8 Å². The molecule has 1 aromatic rings. The Labute approximate surface area is 113 Å². The van der Waals surface area contributed by atoms with Gasteiger partial charge in [-0.1, -0.05) is 19.4 Å². The molecule has 0 saturated heterocycles. The lowest BCUT2D eigenvalue weighted by Gasteiger charge is -2.22. The van der Waals surface area contributed by atoms with E-state index in [0.29, 0.717) is 17.9 Å². The van der Waals surface area contributed by atoms with Crippen molar-refractivity contribution in [3.05, 3.63) is 24.3 Å². The molecule has 0 fully saturated rings. The van der Waals surface area contributed by atoms with E-state index in [1.54, 1.807) is 31.2 Å². The van der Waals surface area contributed by atoms with E-state index < -0.39 is 12.2 Å². The van der Waals surface area contributed by atoms with Crippen molar-refractivity contribution in [2.45, 2.75) is 32.2 Å². The fraction of sp³-hybridized carbons (Fsp3) is 0.500. The highest BCUT2D eigenvalue weighted by Gasteiger charge is 2.27. The third kappa shape index (κ3) is 4.87. The highest BCUT2D eigenvalue weighted by Crippen LogP contribution is 2.19. The summed E-state index contributed by atoms with van der Waals surface area (Å²) >= 11 is 0. The van der Waals surface area contributed by atoms with Gasteiger partial charge in [0.1, 0.15) is 19.0 Å². The van der Waals surface area contributed by atoms with Gasteiger partial charge in [-0.25, -0.2) is 4.39 Å². The van der Waals surface area contributed by atoms with Gasteiger partial charge < -0.3 is 15.8 Å². The maximum Gasteiger partial charge on any atom is 0.244 e. The SMILES string of the molecule is CCCC(C)(N)C(=O)Nc1cccc(OCCF)c1. The van der Waals surface area contributed by atoms with Crippen LogP contribution in [-0.4, -0.2) is 24.7 Å². The smallest absolute Gasteiger partial charge is 0.244 e. The summed E-state index contributed by atoms with van der Waals surface area (Å²) < 4.78 is 17.2. The zero-order valence-corrected chi connectivity index (χ0v) is 11.4. The van der Waals surface area contributed by atoms with Crippen molar-refractivity contribution in [3.63, 3.8) is 0 Å². The second-order valence-corrected chi connectivity index (χ2v) is 4.69. The minimum atomic E-state index is -0.898. The predicted octanol–water partition coefficient (Wildman–Crippen LogP) is 2.49. The first-order valence-corrected chi connectivity index (χ1v) is 6.38. The van der Waals surface area contributed by atoms with Crippen LogP contribution in [0.2, 0.25) is 0 Å². The molecule has 3 N–H and O–H groups in total. The van der Waals surface area contributed by atoms with Crippen molar-refractivity contribution in [2.75, 3.05) is 18.6 Å². The summed E-state index contributed by atoms with van der Waals surface area (Å²) in [5.41, 5.74) is 5.64. The molecule has 0 spiro atoms. The normalized spacial score (nSPS) is 13.7. The number of benzene rings is 1. The molecular weight excluding hydrogens is 247 g/mol. The summed E-state index contributed by atoms with van der Waals surface area (Å²) in [6.45, 7) is 3.13. The van der Waals surface area contributed by atoms with Gasteiger partial charge in [0.15, 0.2) is 0 Å². The zero-order chi connectivity index (χ0) is 14.3. The van der Waals surface area contributed by atoms with Gasteiger partial charge in [0.05, 0.1) is 5.54 Å². The number of alkyl halides is 1. The van der Waals surface area contributed by atoms with Gasteiger partial charge in [-0.15, -0.1) is 0 Å². The van der Waals surface area contributed by atoms with Gasteiger partial charge in [-0.05, 0) is 25.5 Å². The van der Waals surface area contributed by atoms with Crippen LogP contribution in [0.15, 0.2) is 24.3 Å². The lowest BCUT2D eigenvalue weighted by molar-refractivity contribution is -0.120. The van der Waals surface area contributed by atoms with Crippen LogP contribution in [0.1, 0.15) is 26.7 Å². The van der Waals surface area contributed by atoms with E-state index in [1.807, 2.05) is 6.92 Å². The van der Waals surface area contributed by atoms with Crippen LogP contribution in [-0.2, 0) is 4.79 Å². The van der Waals surface area contributed by atoms with Crippen molar-refractivity contribution >= 4 is 11.6 Å². The number of anilines is 1. The first-order chi connectivity index (χ1) is 8.99. The van der Waals surface area contributed by atoms with Gasteiger partial charge in [0.25, 0.3) is 0 Å². The Morgan fingerprint density at radius 2 is 2.26 bits per heavy atom. The first kappa shape index (κ1) is 15.4. The molecule has 106 valence electrons. The summed E-state index contributed by atoms with van der Waals surface area (Å²) in [6, 6.07) is 6.83. The molecule has 0 saturated carbocycles. The van der Waals surface area contributed by atoms with Crippen LogP contribution in [0.5, 0.6) is 5.75 Å². The average Bonchev–Trinajstić information content (AvgIpc) is 2.36. The maximum absolute atomic E-state index is 12.0. The van der Waals surface area contributed by atoms with Crippen LogP contribution in [0.4, 0.5) is 10.1 Å². The summed E-state index contributed by atoms with van der Waals surface area (Å²) in [7, 11) is 0. The Kier molecular flexibility index (Phi) is 5.76. The molecule has 0 aliphatic heterocycles. The third-order valence-corrected chi connectivity index (χ3v) is 2.73. The molecule has 19 heavy (non-hydrogen) atoms. The topological polar surface area (TPSA) is 64.4 Å². The van der Waals surface area contributed by atoms with Gasteiger partial charge in [0.2, 0.25) is 5.91 Å². The molecule has 0 aliphatic carbocycles. The van der Waals surface area contributed by atoms with Crippen molar-refractivity contribution in [1.82, 2.24) is 0 Å². The van der Waals surface area contributed by atoms with Crippen LogP contribution in [0, 0.1) is 0 Å². The number of nitrogens with one attached hydrogen (secondary N) is 1. The van der Waals surface area contributed by atoms with Crippen molar-refractivity contribution in [3.8, 4) is 5.75 Å². The Bertz CT molecular complexity index is 422. The molecule has 0 aromatic heterocycles. The number of rotatable bonds is 7. The number of amides is 1. The van der Waals surface area contributed by atoms with E-state index >= 15 is 0 Å². The molecule has 1 amide bonds. The fourth-order valence-electron chi connectivity index (χ4n) is 1.73. The highest BCUT2D eigenvalue weighted by molar-refractivity contribution is 5.97. The highest BCUT2D eigenvalue weighted by atomic mass is 19.1. The van der Waals surface area contributed by atoms with E-state index in [4.69, 9.17) is 10.5 Å². The number of halogens is 1. The van der Waals surface area contributed by atoms with Crippen molar-refractivity contribution < 1.29 is 13.9 Å². The lowest BCUT2D eigenvalue weighted by Crippen LogP contribution is -2.48. The van der Waals surface area contributed by atoms with Gasteiger partial charge in [-0.2, -0.15) is 0 Å². The van der Waals surface area contributed by atoms with Crippen LogP contribution in [0.25, 0.3) is 0 Å². The molecule has 0 bridgehead atoms. The number of carbonyl (C=O) groups excluding carboxylic acids is 1. The monoisotopic (exact) mass is 268 g/mol. The van der Waals surface area contributed by atoms with Crippen LogP contribution < -0.4 is 15.8 Å². The third-order valence-electron chi connectivity index (χ3n) is 2.73. The molecular formula is C14H21FN2O2.